The second-order valence-corrected chi connectivity index (χ2v) is 6.28. The number of ether oxygens (including phenoxy) is 1. The van der Waals surface area contributed by atoms with Crippen LogP contribution in [-0.2, 0) is 15.1 Å². The van der Waals surface area contributed by atoms with Gasteiger partial charge in [-0.2, -0.15) is 0 Å². The quantitative estimate of drug-likeness (QED) is 0.867. The molecule has 1 heterocycles. The number of amides is 1. The molecule has 0 aliphatic carbocycles. The van der Waals surface area contributed by atoms with Crippen molar-refractivity contribution in [3.8, 4) is 0 Å². The van der Waals surface area contributed by atoms with Crippen LogP contribution in [0.5, 0.6) is 0 Å². The molecule has 1 atom stereocenters. The zero-order valence-electron chi connectivity index (χ0n) is 13.2. The second kappa shape index (κ2) is 5.97. The largest absolute Gasteiger partial charge is 0.466 e. The lowest BCUT2D eigenvalue weighted by Gasteiger charge is -2.24. The fourth-order valence-electron chi connectivity index (χ4n) is 1.86. The Morgan fingerprint density at radius 1 is 1.35 bits per heavy atom. The molecule has 5 nitrogen and oxygen atoms in total. The zero-order valence-corrected chi connectivity index (χ0v) is 13.2. The van der Waals surface area contributed by atoms with Crippen LogP contribution in [0.1, 0.15) is 44.8 Å². The summed E-state index contributed by atoms with van der Waals surface area (Å²) in [6.07, 6.45) is 0. The molecule has 0 aromatic carbocycles. The molecule has 0 saturated heterocycles. The maximum atomic E-state index is 11.7. The highest BCUT2D eigenvalue weighted by Gasteiger charge is 2.28. The molecule has 20 heavy (non-hydrogen) atoms. The van der Waals surface area contributed by atoms with Gasteiger partial charge in [0.2, 0.25) is 5.91 Å². The smallest absolute Gasteiger partial charge is 0.246 e. The van der Waals surface area contributed by atoms with Crippen molar-refractivity contribution in [1.82, 2.24) is 5.32 Å². The molecule has 0 saturated carbocycles. The van der Waals surface area contributed by atoms with E-state index in [1.165, 1.54) is 0 Å². The third-order valence-corrected chi connectivity index (χ3v) is 2.89. The van der Waals surface area contributed by atoms with Gasteiger partial charge >= 0.3 is 0 Å². The highest BCUT2D eigenvalue weighted by molar-refractivity contribution is 5.77. The molecule has 1 unspecified atom stereocenters. The van der Waals surface area contributed by atoms with Crippen LogP contribution < -0.4 is 5.32 Å². The molecule has 0 fully saturated rings. The highest BCUT2D eigenvalue weighted by atomic mass is 16.5. The average Bonchev–Trinajstić information content (AvgIpc) is 2.63. The van der Waals surface area contributed by atoms with E-state index in [0.717, 1.165) is 5.76 Å². The maximum Gasteiger partial charge on any atom is 0.246 e. The fourth-order valence-corrected chi connectivity index (χ4v) is 1.86. The van der Waals surface area contributed by atoms with Crippen LogP contribution in [0.3, 0.4) is 0 Å². The van der Waals surface area contributed by atoms with E-state index < -0.39 is 5.60 Å². The van der Waals surface area contributed by atoms with Crippen molar-refractivity contribution in [2.45, 2.75) is 52.7 Å². The average molecular weight is 283 g/mol. The van der Waals surface area contributed by atoms with Crippen LogP contribution in [0.2, 0.25) is 0 Å². The Balaban J connectivity index is 2.55. The summed E-state index contributed by atoms with van der Waals surface area (Å²) in [5.74, 6) is 1.14. The van der Waals surface area contributed by atoms with Gasteiger partial charge in [0.1, 0.15) is 23.7 Å². The van der Waals surface area contributed by atoms with Gasteiger partial charge in [0.05, 0.1) is 12.1 Å². The minimum absolute atomic E-state index is 0.0248. The van der Waals surface area contributed by atoms with Gasteiger partial charge in [-0.3, -0.25) is 4.79 Å². The summed E-state index contributed by atoms with van der Waals surface area (Å²) in [5.41, 5.74) is -0.843. The summed E-state index contributed by atoms with van der Waals surface area (Å²) >= 11 is 0. The zero-order chi connectivity index (χ0) is 15.6. The molecule has 0 spiro atoms. The molecule has 0 aliphatic rings. The number of hydrogen-bond donors (Lipinski definition) is 2. The molecule has 0 aliphatic heterocycles. The summed E-state index contributed by atoms with van der Waals surface area (Å²) in [7, 11) is 0. The van der Waals surface area contributed by atoms with Gasteiger partial charge < -0.3 is 19.6 Å². The number of furan rings is 1. The maximum absolute atomic E-state index is 11.7. The lowest BCUT2D eigenvalue weighted by atomic mass is 9.96. The van der Waals surface area contributed by atoms with Gasteiger partial charge in [0, 0.05) is 5.56 Å². The van der Waals surface area contributed by atoms with E-state index in [9.17, 15) is 9.90 Å². The summed E-state index contributed by atoms with van der Waals surface area (Å²) in [4.78, 5) is 11.7. The second-order valence-electron chi connectivity index (χ2n) is 6.28. The Hall–Kier alpha value is -1.33. The Bertz CT molecular complexity index is 469. The first-order chi connectivity index (χ1) is 9.01. The van der Waals surface area contributed by atoms with Crippen molar-refractivity contribution in [2.75, 3.05) is 13.2 Å². The van der Waals surface area contributed by atoms with Crippen molar-refractivity contribution in [1.29, 1.82) is 0 Å². The topological polar surface area (TPSA) is 71.7 Å². The molecule has 5 heteroatoms. The predicted octanol–water partition coefficient (Wildman–Crippen LogP) is 2.04. The van der Waals surface area contributed by atoms with Crippen LogP contribution in [0, 0.1) is 13.8 Å². The van der Waals surface area contributed by atoms with Gasteiger partial charge in [0.15, 0.2) is 0 Å². The molecule has 114 valence electrons. The normalized spacial score (nSPS) is 14.9. The van der Waals surface area contributed by atoms with E-state index in [4.69, 9.17) is 9.15 Å². The SMILES string of the molecule is Cc1cc(C(C)(O)CNC(=O)COC(C)(C)C)c(C)o1. The number of rotatable bonds is 5. The predicted molar refractivity (Wildman–Crippen MR) is 76.5 cm³/mol. The minimum atomic E-state index is -1.17. The molecule has 1 amide bonds. The van der Waals surface area contributed by atoms with Crippen molar-refractivity contribution in [2.24, 2.45) is 0 Å². The van der Waals surface area contributed by atoms with Crippen molar-refractivity contribution >= 4 is 5.91 Å². The fraction of sp³-hybridized carbons (Fsp3) is 0.667. The van der Waals surface area contributed by atoms with Gasteiger partial charge in [-0.25, -0.2) is 0 Å². The number of aliphatic hydroxyl groups is 1. The van der Waals surface area contributed by atoms with E-state index in [-0.39, 0.29) is 24.7 Å². The van der Waals surface area contributed by atoms with E-state index in [1.54, 1.807) is 19.9 Å². The lowest BCUT2D eigenvalue weighted by Crippen LogP contribution is -2.41. The molecule has 1 aromatic rings. The molecule has 0 bridgehead atoms. The van der Waals surface area contributed by atoms with E-state index in [0.29, 0.717) is 11.3 Å². The minimum Gasteiger partial charge on any atom is -0.466 e. The van der Waals surface area contributed by atoms with Gasteiger partial charge in [-0.05, 0) is 47.6 Å². The Morgan fingerprint density at radius 2 is 1.95 bits per heavy atom. The van der Waals surface area contributed by atoms with Crippen molar-refractivity contribution in [3.63, 3.8) is 0 Å². The standard InChI is InChI=1S/C15H25NO4/c1-10-7-12(11(2)20-10)15(6,18)9-16-13(17)8-19-14(3,4)5/h7,18H,8-9H2,1-6H3,(H,16,17). The van der Waals surface area contributed by atoms with Crippen LogP contribution >= 0.6 is 0 Å². The van der Waals surface area contributed by atoms with Gasteiger partial charge in [-0.1, -0.05) is 0 Å². The van der Waals surface area contributed by atoms with Crippen LogP contribution in [-0.4, -0.2) is 29.8 Å². The Kier molecular flexibility index (Phi) is 5.00. The summed E-state index contributed by atoms with van der Waals surface area (Å²) < 4.78 is 10.8. The van der Waals surface area contributed by atoms with Gasteiger partial charge in [-0.15, -0.1) is 0 Å². The first-order valence-corrected chi connectivity index (χ1v) is 6.72. The Labute approximate surface area is 120 Å². The lowest BCUT2D eigenvalue weighted by molar-refractivity contribution is -0.131. The third-order valence-electron chi connectivity index (χ3n) is 2.89. The summed E-state index contributed by atoms with van der Waals surface area (Å²) in [5, 5.41) is 13.1. The molecule has 2 N–H and O–H groups in total. The number of carbonyl (C=O) groups is 1. The highest BCUT2D eigenvalue weighted by Crippen LogP contribution is 2.26. The van der Waals surface area contributed by atoms with Crippen LogP contribution in [0.25, 0.3) is 0 Å². The summed E-state index contributed by atoms with van der Waals surface area (Å²) in [6, 6.07) is 1.78. The molecule has 1 aromatic heterocycles. The van der Waals surface area contributed by atoms with E-state index in [1.807, 2.05) is 27.7 Å². The molecule has 0 radical (unpaired) electrons. The van der Waals surface area contributed by atoms with Crippen molar-refractivity contribution < 1.29 is 19.1 Å². The Morgan fingerprint density at radius 3 is 2.40 bits per heavy atom. The molecular formula is C15H25NO4. The first-order valence-electron chi connectivity index (χ1n) is 6.72. The van der Waals surface area contributed by atoms with E-state index in [2.05, 4.69) is 5.32 Å². The number of aryl methyl sites for hydroxylation is 2. The van der Waals surface area contributed by atoms with Crippen LogP contribution in [0.15, 0.2) is 10.5 Å². The third kappa shape index (κ3) is 4.98. The van der Waals surface area contributed by atoms with Crippen molar-refractivity contribution in [3.05, 3.63) is 23.2 Å². The number of carbonyl (C=O) groups excluding carboxylic acids is 1. The number of nitrogens with one attached hydrogen (secondary N) is 1. The summed E-state index contributed by atoms with van der Waals surface area (Å²) in [6.45, 7) is 11.0. The first kappa shape index (κ1) is 16.7. The molecular weight excluding hydrogens is 258 g/mol. The molecule has 1 rings (SSSR count). The van der Waals surface area contributed by atoms with Crippen LogP contribution in [0.4, 0.5) is 0 Å². The van der Waals surface area contributed by atoms with Gasteiger partial charge in [0.25, 0.3) is 0 Å². The number of hydrogen-bond acceptors (Lipinski definition) is 4. The monoisotopic (exact) mass is 283 g/mol. The van der Waals surface area contributed by atoms with E-state index >= 15 is 0 Å².